The molecular formula is C12H17N3O3. The number of carboxylic acids is 1. The van der Waals surface area contributed by atoms with Crippen molar-refractivity contribution in [3.8, 4) is 0 Å². The molecule has 0 fully saturated rings. The average Bonchev–Trinajstić information content (AvgIpc) is 2.36. The van der Waals surface area contributed by atoms with Crippen LogP contribution in [0.5, 0.6) is 0 Å². The van der Waals surface area contributed by atoms with Crippen LogP contribution < -0.4 is 5.73 Å². The summed E-state index contributed by atoms with van der Waals surface area (Å²) < 4.78 is 0. The second kappa shape index (κ2) is 6.70. The van der Waals surface area contributed by atoms with Crippen LogP contribution in [0.25, 0.3) is 0 Å². The van der Waals surface area contributed by atoms with E-state index in [1.807, 2.05) is 12.1 Å². The Morgan fingerprint density at radius 3 is 2.83 bits per heavy atom. The summed E-state index contributed by atoms with van der Waals surface area (Å²) in [5.74, 6) is -1.43. The maximum absolute atomic E-state index is 11.6. The maximum Gasteiger partial charge on any atom is 0.321 e. The molecule has 1 aromatic rings. The van der Waals surface area contributed by atoms with Crippen molar-refractivity contribution in [3.63, 3.8) is 0 Å². The Balaban J connectivity index is 2.39. The zero-order valence-electron chi connectivity index (χ0n) is 10.2. The summed E-state index contributed by atoms with van der Waals surface area (Å²) in [5, 5.41) is 8.62. The van der Waals surface area contributed by atoms with Crippen LogP contribution in [0.15, 0.2) is 24.5 Å². The van der Waals surface area contributed by atoms with E-state index in [0.717, 1.165) is 5.56 Å². The van der Waals surface area contributed by atoms with E-state index in [-0.39, 0.29) is 12.3 Å². The summed E-state index contributed by atoms with van der Waals surface area (Å²) >= 11 is 0. The molecule has 0 radical (unpaired) electrons. The minimum Gasteiger partial charge on any atom is -0.480 e. The maximum atomic E-state index is 11.6. The van der Waals surface area contributed by atoms with Gasteiger partial charge < -0.3 is 15.7 Å². The van der Waals surface area contributed by atoms with Crippen molar-refractivity contribution in [1.29, 1.82) is 0 Å². The molecule has 3 N–H and O–H groups in total. The first kappa shape index (κ1) is 14.1. The lowest BCUT2D eigenvalue weighted by Gasteiger charge is -2.18. The summed E-state index contributed by atoms with van der Waals surface area (Å²) in [7, 11) is 1.63. The average molecular weight is 251 g/mol. The highest BCUT2D eigenvalue weighted by molar-refractivity contribution is 5.84. The molecule has 1 amide bonds. The van der Waals surface area contributed by atoms with E-state index < -0.39 is 12.0 Å². The lowest BCUT2D eigenvalue weighted by atomic mass is 10.2. The van der Waals surface area contributed by atoms with E-state index >= 15 is 0 Å². The van der Waals surface area contributed by atoms with Gasteiger partial charge in [-0.2, -0.15) is 0 Å². The fourth-order valence-corrected chi connectivity index (χ4v) is 1.40. The van der Waals surface area contributed by atoms with Crippen LogP contribution >= 0.6 is 0 Å². The van der Waals surface area contributed by atoms with Gasteiger partial charge in [0, 0.05) is 26.0 Å². The van der Waals surface area contributed by atoms with Crippen molar-refractivity contribution in [2.24, 2.45) is 5.73 Å². The van der Waals surface area contributed by atoms with Gasteiger partial charge in [-0.25, -0.2) is 0 Å². The van der Waals surface area contributed by atoms with Gasteiger partial charge in [-0.15, -0.1) is 0 Å². The zero-order valence-corrected chi connectivity index (χ0v) is 10.2. The Kier molecular flexibility index (Phi) is 5.26. The SMILES string of the molecule is CN(CCc1cccnc1)C(=O)CC(N)C(=O)O. The summed E-state index contributed by atoms with van der Waals surface area (Å²) in [6.07, 6.45) is 3.92. The van der Waals surface area contributed by atoms with Crippen LogP contribution in [0.2, 0.25) is 0 Å². The molecule has 1 rings (SSSR count). The number of amides is 1. The Morgan fingerprint density at radius 2 is 2.28 bits per heavy atom. The van der Waals surface area contributed by atoms with Crippen LogP contribution in [-0.4, -0.2) is 46.5 Å². The number of carbonyl (C=O) groups excluding carboxylic acids is 1. The summed E-state index contributed by atoms with van der Waals surface area (Å²) in [6.45, 7) is 0.511. The second-order valence-corrected chi connectivity index (χ2v) is 4.08. The smallest absolute Gasteiger partial charge is 0.321 e. The number of hydrogen-bond donors (Lipinski definition) is 2. The molecule has 1 atom stereocenters. The Labute approximate surface area is 105 Å². The first-order valence-corrected chi connectivity index (χ1v) is 5.62. The van der Waals surface area contributed by atoms with Gasteiger partial charge in [-0.05, 0) is 18.1 Å². The van der Waals surface area contributed by atoms with Gasteiger partial charge in [0.1, 0.15) is 6.04 Å². The summed E-state index contributed by atoms with van der Waals surface area (Å²) in [6, 6.07) is 2.62. The van der Waals surface area contributed by atoms with Crippen molar-refractivity contribution in [2.75, 3.05) is 13.6 Å². The number of carboxylic acid groups (broad SMARTS) is 1. The molecule has 98 valence electrons. The molecule has 0 aliphatic carbocycles. The second-order valence-electron chi connectivity index (χ2n) is 4.08. The molecule has 0 saturated heterocycles. The summed E-state index contributed by atoms with van der Waals surface area (Å²) in [4.78, 5) is 27.6. The number of nitrogens with zero attached hydrogens (tertiary/aromatic N) is 2. The number of hydrogen-bond acceptors (Lipinski definition) is 4. The normalized spacial score (nSPS) is 11.9. The zero-order chi connectivity index (χ0) is 13.5. The van der Waals surface area contributed by atoms with E-state index in [1.54, 1.807) is 19.4 Å². The molecular weight excluding hydrogens is 234 g/mol. The molecule has 0 aliphatic rings. The van der Waals surface area contributed by atoms with Crippen LogP contribution in [0, 0.1) is 0 Å². The number of pyridine rings is 1. The minimum absolute atomic E-state index is 0.182. The largest absolute Gasteiger partial charge is 0.480 e. The predicted octanol–water partition coefficient (Wildman–Crippen LogP) is -0.115. The number of carbonyl (C=O) groups is 2. The van der Waals surface area contributed by atoms with Gasteiger partial charge in [0.25, 0.3) is 0 Å². The first-order valence-electron chi connectivity index (χ1n) is 5.62. The molecule has 6 heteroatoms. The number of rotatable bonds is 6. The van der Waals surface area contributed by atoms with Gasteiger partial charge in [0.2, 0.25) is 5.91 Å². The van der Waals surface area contributed by atoms with E-state index in [4.69, 9.17) is 10.8 Å². The number of aliphatic carboxylic acids is 1. The molecule has 0 aromatic carbocycles. The summed E-state index contributed by atoms with van der Waals surface area (Å²) in [5.41, 5.74) is 6.33. The minimum atomic E-state index is -1.16. The van der Waals surface area contributed by atoms with Gasteiger partial charge in [0.05, 0.1) is 6.42 Å². The Bertz CT molecular complexity index is 408. The first-order chi connectivity index (χ1) is 8.50. The number of likely N-dealkylation sites (N-methyl/N-ethyl adjacent to an activating group) is 1. The Hall–Kier alpha value is -1.95. The van der Waals surface area contributed by atoms with Crippen molar-refractivity contribution < 1.29 is 14.7 Å². The topological polar surface area (TPSA) is 96.5 Å². The lowest BCUT2D eigenvalue weighted by molar-refractivity contribution is -0.142. The van der Waals surface area contributed by atoms with Crippen LogP contribution in [0.4, 0.5) is 0 Å². The monoisotopic (exact) mass is 251 g/mol. The predicted molar refractivity (Wildman–Crippen MR) is 65.8 cm³/mol. The van der Waals surface area contributed by atoms with E-state index in [0.29, 0.717) is 13.0 Å². The Morgan fingerprint density at radius 1 is 1.56 bits per heavy atom. The molecule has 18 heavy (non-hydrogen) atoms. The molecule has 1 unspecified atom stereocenters. The fourth-order valence-electron chi connectivity index (χ4n) is 1.40. The third kappa shape index (κ3) is 4.50. The fraction of sp³-hybridized carbons (Fsp3) is 0.417. The lowest BCUT2D eigenvalue weighted by Crippen LogP contribution is -2.38. The van der Waals surface area contributed by atoms with Gasteiger partial charge in [-0.3, -0.25) is 14.6 Å². The van der Waals surface area contributed by atoms with Crippen molar-refractivity contribution in [1.82, 2.24) is 9.88 Å². The van der Waals surface area contributed by atoms with Crippen LogP contribution in [0.3, 0.4) is 0 Å². The third-order valence-electron chi connectivity index (χ3n) is 2.60. The highest BCUT2D eigenvalue weighted by atomic mass is 16.4. The number of nitrogens with two attached hydrogens (primary N) is 1. The van der Waals surface area contributed by atoms with Gasteiger partial charge in [-0.1, -0.05) is 6.07 Å². The van der Waals surface area contributed by atoms with Crippen LogP contribution in [-0.2, 0) is 16.0 Å². The van der Waals surface area contributed by atoms with Gasteiger partial charge >= 0.3 is 5.97 Å². The van der Waals surface area contributed by atoms with Crippen molar-refractivity contribution in [2.45, 2.75) is 18.9 Å². The standard InChI is InChI=1S/C12H17N3O3/c1-15(11(16)7-10(13)12(17)18)6-4-9-3-2-5-14-8-9/h2-3,5,8,10H,4,6-7,13H2,1H3,(H,17,18). The highest BCUT2D eigenvalue weighted by Crippen LogP contribution is 2.01. The molecule has 0 spiro atoms. The molecule has 0 saturated carbocycles. The molecule has 0 aliphatic heterocycles. The molecule has 0 bridgehead atoms. The highest BCUT2D eigenvalue weighted by Gasteiger charge is 2.18. The van der Waals surface area contributed by atoms with Crippen molar-refractivity contribution >= 4 is 11.9 Å². The number of aromatic nitrogens is 1. The molecule has 1 aromatic heterocycles. The molecule has 1 heterocycles. The van der Waals surface area contributed by atoms with Crippen LogP contribution in [0.1, 0.15) is 12.0 Å². The third-order valence-corrected chi connectivity index (χ3v) is 2.60. The van der Waals surface area contributed by atoms with E-state index in [9.17, 15) is 9.59 Å². The quantitative estimate of drug-likeness (QED) is 0.735. The van der Waals surface area contributed by atoms with Gasteiger partial charge in [0.15, 0.2) is 0 Å². The van der Waals surface area contributed by atoms with E-state index in [2.05, 4.69) is 4.98 Å². The molecule has 6 nitrogen and oxygen atoms in total. The van der Waals surface area contributed by atoms with Crippen molar-refractivity contribution in [3.05, 3.63) is 30.1 Å². The van der Waals surface area contributed by atoms with E-state index in [1.165, 1.54) is 4.90 Å².